The molecule has 4 heteroatoms. The number of nitrogens with one attached hydrogen (secondary N) is 1. The molecule has 0 unspecified atom stereocenters. The Morgan fingerprint density at radius 3 is 2.48 bits per heavy atom. The SMILES string of the molecule is CCN(CC(=O)Nc1c(C)ccc(O)c1C)Cc1ccccc1. The second-order valence-corrected chi connectivity index (χ2v) is 5.74. The molecule has 0 saturated carbocycles. The maximum absolute atomic E-state index is 12.4. The molecule has 0 bridgehead atoms. The zero-order chi connectivity index (χ0) is 16.8. The van der Waals surface area contributed by atoms with Crippen LogP contribution in [0.25, 0.3) is 0 Å². The Morgan fingerprint density at radius 1 is 1.13 bits per heavy atom. The standard InChI is InChI=1S/C19H24N2O2/c1-4-21(12-16-8-6-5-7-9-16)13-18(23)20-19-14(2)10-11-17(22)15(19)3/h5-11,22H,4,12-13H2,1-3H3,(H,20,23). The van der Waals surface area contributed by atoms with E-state index in [1.54, 1.807) is 19.1 Å². The van der Waals surface area contributed by atoms with Crippen molar-refractivity contribution in [1.82, 2.24) is 4.90 Å². The van der Waals surface area contributed by atoms with Gasteiger partial charge in [-0.25, -0.2) is 0 Å². The summed E-state index contributed by atoms with van der Waals surface area (Å²) in [5, 5.41) is 12.7. The Hall–Kier alpha value is -2.33. The van der Waals surface area contributed by atoms with E-state index in [0.29, 0.717) is 17.8 Å². The summed E-state index contributed by atoms with van der Waals surface area (Å²) in [6, 6.07) is 13.6. The van der Waals surface area contributed by atoms with Crippen molar-refractivity contribution in [2.45, 2.75) is 27.3 Å². The van der Waals surface area contributed by atoms with Crippen LogP contribution in [0.4, 0.5) is 5.69 Å². The summed E-state index contributed by atoms with van der Waals surface area (Å²) in [7, 11) is 0. The summed E-state index contributed by atoms with van der Waals surface area (Å²) in [6.45, 7) is 7.62. The number of benzene rings is 2. The first-order chi connectivity index (χ1) is 11.0. The van der Waals surface area contributed by atoms with Gasteiger partial charge in [0, 0.05) is 12.1 Å². The van der Waals surface area contributed by atoms with Crippen molar-refractivity contribution in [2.75, 3.05) is 18.4 Å². The first-order valence-electron chi connectivity index (χ1n) is 7.86. The van der Waals surface area contributed by atoms with Gasteiger partial charge >= 0.3 is 0 Å². The molecule has 0 spiro atoms. The van der Waals surface area contributed by atoms with Gasteiger partial charge in [0.2, 0.25) is 5.91 Å². The molecule has 0 aliphatic rings. The van der Waals surface area contributed by atoms with Gasteiger partial charge in [-0.3, -0.25) is 9.69 Å². The van der Waals surface area contributed by atoms with E-state index in [2.05, 4.69) is 22.3 Å². The summed E-state index contributed by atoms with van der Waals surface area (Å²) in [4.78, 5) is 14.4. The van der Waals surface area contributed by atoms with Gasteiger partial charge < -0.3 is 10.4 Å². The molecule has 2 aromatic carbocycles. The molecule has 0 aliphatic heterocycles. The molecule has 0 atom stereocenters. The van der Waals surface area contributed by atoms with Crippen molar-refractivity contribution in [3.05, 3.63) is 59.2 Å². The van der Waals surface area contributed by atoms with Crippen molar-refractivity contribution in [2.24, 2.45) is 0 Å². The van der Waals surface area contributed by atoms with Gasteiger partial charge in [-0.1, -0.05) is 43.3 Å². The second-order valence-electron chi connectivity index (χ2n) is 5.74. The average Bonchev–Trinajstić information content (AvgIpc) is 2.55. The van der Waals surface area contributed by atoms with Crippen LogP contribution < -0.4 is 5.32 Å². The molecule has 0 aromatic heterocycles. The molecule has 122 valence electrons. The van der Waals surface area contributed by atoms with Crippen LogP contribution in [0.15, 0.2) is 42.5 Å². The Bertz CT molecular complexity index is 669. The number of phenols is 1. The van der Waals surface area contributed by atoms with Crippen LogP contribution in [0.2, 0.25) is 0 Å². The minimum atomic E-state index is -0.0698. The Kier molecular flexibility index (Phi) is 5.77. The third-order valence-electron chi connectivity index (χ3n) is 3.97. The highest BCUT2D eigenvalue weighted by atomic mass is 16.3. The molecule has 0 aliphatic carbocycles. The number of carbonyl (C=O) groups is 1. The summed E-state index contributed by atoms with van der Waals surface area (Å²) in [5.41, 5.74) is 3.53. The van der Waals surface area contributed by atoms with Gasteiger partial charge in [-0.15, -0.1) is 0 Å². The normalized spacial score (nSPS) is 10.8. The third-order valence-corrected chi connectivity index (χ3v) is 3.97. The van der Waals surface area contributed by atoms with E-state index < -0.39 is 0 Å². The first-order valence-corrected chi connectivity index (χ1v) is 7.86. The van der Waals surface area contributed by atoms with Crippen molar-refractivity contribution in [3.63, 3.8) is 0 Å². The number of amides is 1. The summed E-state index contributed by atoms with van der Waals surface area (Å²) >= 11 is 0. The number of aryl methyl sites for hydroxylation is 1. The molecule has 0 fully saturated rings. The van der Waals surface area contributed by atoms with Crippen molar-refractivity contribution < 1.29 is 9.90 Å². The van der Waals surface area contributed by atoms with Gasteiger partial charge in [-0.2, -0.15) is 0 Å². The maximum atomic E-state index is 12.4. The third kappa shape index (κ3) is 4.57. The predicted octanol–water partition coefficient (Wildman–Crippen LogP) is 3.47. The van der Waals surface area contributed by atoms with Crippen molar-refractivity contribution >= 4 is 11.6 Å². The van der Waals surface area contributed by atoms with Gasteiger partial charge in [0.25, 0.3) is 0 Å². The van der Waals surface area contributed by atoms with E-state index in [1.807, 2.05) is 32.0 Å². The molecule has 2 aromatic rings. The monoisotopic (exact) mass is 312 g/mol. The number of phenolic OH excluding ortho intramolecular Hbond substituents is 1. The number of aromatic hydroxyl groups is 1. The molecular formula is C19H24N2O2. The van der Waals surface area contributed by atoms with E-state index in [1.165, 1.54) is 5.56 Å². The Morgan fingerprint density at radius 2 is 1.83 bits per heavy atom. The zero-order valence-corrected chi connectivity index (χ0v) is 14.0. The average molecular weight is 312 g/mol. The van der Waals surface area contributed by atoms with Gasteiger partial charge in [0.05, 0.1) is 12.2 Å². The molecule has 1 amide bonds. The lowest BCUT2D eigenvalue weighted by Crippen LogP contribution is -2.33. The fraction of sp³-hybridized carbons (Fsp3) is 0.316. The maximum Gasteiger partial charge on any atom is 0.238 e. The highest BCUT2D eigenvalue weighted by Gasteiger charge is 2.13. The molecule has 4 nitrogen and oxygen atoms in total. The largest absolute Gasteiger partial charge is 0.508 e. The van der Waals surface area contributed by atoms with Crippen LogP contribution in [-0.2, 0) is 11.3 Å². The molecule has 2 N–H and O–H groups in total. The minimum Gasteiger partial charge on any atom is -0.508 e. The van der Waals surface area contributed by atoms with Crippen LogP contribution in [0.5, 0.6) is 5.75 Å². The van der Waals surface area contributed by atoms with Crippen LogP contribution >= 0.6 is 0 Å². The van der Waals surface area contributed by atoms with Crippen molar-refractivity contribution in [1.29, 1.82) is 0 Å². The molecule has 0 saturated heterocycles. The number of carbonyl (C=O) groups excluding carboxylic acids is 1. The van der Waals surface area contributed by atoms with Crippen LogP contribution in [0.3, 0.4) is 0 Å². The van der Waals surface area contributed by atoms with E-state index in [4.69, 9.17) is 0 Å². The van der Waals surface area contributed by atoms with Crippen molar-refractivity contribution in [3.8, 4) is 5.75 Å². The quantitative estimate of drug-likeness (QED) is 0.859. The van der Waals surface area contributed by atoms with Gasteiger partial charge in [0.1, 0.15) is 5.75 Å². The van der Waals surface area contributed by atoms with E-state index in [0.717, 1.165) is 18.7 Å². The lowest BCUT2D eigenvalue weighted by atomic mass is 10.1. The van der Waals surface area contributed by atoms with E-state index in [9.17, 15) is 9.90 Å². The smallest absolute Gasteiger partial charge is 0.238 e. The Labute approximate surface area is 137 Å². The predicted molar refractivity (Wildman–Crippen MR) is 93.6 cm³/mol. The van der Waals surface area contributed by atoms with Gasteiger partial charge in [0.15, 0.2) is 0 Å². The number of hydrogen-bond donors (Lipinski definition) is 2. The Balaban J connectivity index is 2.02. The number of rotatable bonds is 6. The molecule has 0 radical (unpaired) electrons. The molecular weight excluding hydrogens is 288 g/mol. The highest BCUT2D eigenvalue weighted by Crippen LogP contribution is 2.27. The van der Waals surface area contributed by atoms with Crippen LogP contribution in [0.1, 0.15) is 23.6 Å². The fourth-order valence-corrected chi connectivity index (χ4v) is 2.53. The summed E-state index contributed by atoms with van der Waals surface area (Å²) in [6.07, 6.45) is 0. The molecule has 2 rings (SSSR count). The summed E-state index contributed by atoms with van der Waals surface area (Å²) in [5.74, 6) is 0.127. The second kappa shape index (κ2) is 7.79. The zero-order valence-electron chi connectivity index (χ0n) is 14.0. The van der Waals surface area contributed by atoms with Gasteiger partial charge in [-0.05, 0) is 37.6 Å². The number of anilines is 1. The molecule has 23 heavy (non-hydrogen) atoms. The number of hydrogen-bond acceptors (Lipinski definition) is 3. The van der Waals surface area contributed by atoms with E-state index >= 15 is 0 Å². The highest BCUT2D eigenvalue weighted by molar-refractivity contribution is 5.94. The van der Waals surface area contributed by atoms with Crippen LogP contribution in [0, 0.1) is 13.8 Å². The minimum absolute atomic E-state index is 0.0698. The topological polar surface area (TPSA) is 52.6 Å². The lowest BCUT2D eigenvalue weighted by Gasteiger charge is -2.21. The molecule has 0 heterocycles. The lowest BCUT2D eigenvalue weighted by molar-refractivity contribution is -0.117. The number of nitrogens with zero attached hydrogens (tertiary/aromatic N) is 1. The fourth-order valence-electron chi connectivity index (χ4n) is 2.53. The summed E-state index contributed by atoms with van der Waals surface area (Å²) < 4.78 is 0. The van der Waals surface area contributed by atoms with E-state index in [-0.39, 0.29) is 11.7 Å². The van der Waals surface area contributed by atoms with Crippen LogP contribution in [-0.4, -0.2) is 29.0 Å². The first kappa shape index (κ1) is 17.0. The number of likely N-dealkylation sites (N-methyl/N-ethyl adjacent to an activating group) is 1.